The van der Waals surface area contributed by atoms with Crippen LogP contribution in [0.15, 0.2) is 71.8 Å². The summed E-state index contributed by atoms with van der Waals surface area (Å²) in [6, 6.07) is 19.1. The molecule has 0 saturated carbocycles. The van der Waals surface area contributed by atoms with Gasteiger partial charge in [-0.15, -0.1) is 0 Å². The van der Waals surface area contributed by atoms with Crippen molar-refractivity contribution < 1.29 is 33.5 Å². The average molecular weight is 597 g/mol. The van der Waals surface area contributed by atoms with Gasteiger partial charge in [-0.25, -0.2) is 10.3 Å². The van der Waals surface area contributed by atoms with E-state index in [-0.39, 0.29) is 23.5 Å². The highest BCUT2D eigenvalue weighted by Crippen LogP contribution is 2.64. The van der Waals surface area contributed by atoms with Gasteiger partial charge < -0.3 is 14.2 Å². The van der Waals surface area contributed by atoms with Crippen molar-refractivity contribution >= 4 is 35.3 Å². The van der Waals surface area contributed by atoms with Crippen LogP contribution in [0.1, 0.15) is 41.5 Å². The largest absolute Gasteiger partial charge is 0.494 e. The van der Waals surface area contributed by atoms with Gasteiger partial charge >= 0.3 is 0 Å². The number of carbonyl (C=O) groups excluding carboxylic acids is 3. The van der Waals surface area contributed by atoms with Crippen LogP contribution >= 0.6 is 0 Å². The molecule has 8 rings (SSSR count). The van der Waals surface area contributed by atoms with Crippen molar-refractivity contribution in [2.24, 2.45) is 16.9 Å². The van der Waals surface area contributed by atoms with Gasteiger partial charge in [-0.3, -0.25) is 24.5 Å². The first-order chi connectivity index (χ1) is 21.2. The van der Waals surface area contributed by atoms with Gasteiger partial charge in [-0.2, -0.15) is 5.10 Å². The average Bonchev–Trinajstić information content (AvgIpc) is 3.57. The molecule has 0 radical (unpaired) electrons. The summed E-state index contributed by atoms with van der Waals surface area (Å²) < 4.78 is 16.5. The Kier molecular flexibility index (Phi) is 6.38. The van der Waals surface area contributed by atoms with E-state index in [9.17, 15) is 24.5 Å². The van der Waals surface area contributed by atoms with Gasteiger partial charge in [0, 0.05) is 18.2 Å². The quantitative estimate of drug-likeness (QED) is 0.189. The lowest BCUT2D eigenvalue weighted by Gasteiger charge is -2.52. The Morgan fingerprint density at radius 2 is 1.70 bits per heavy atom. The lowest BCUT2D eigenvalue weighted by molar-refractivity contribution is -0.384. The molecule has 2 saturated heterocycles. The highest BCUT2D eigenvalue weighted by atomic mass is 16.7. The number of non-ortho nitro benzene ring substituents is 1. The molecule has 0 unspecified atom stereocenters. The lowest BCUT2D eigenvalue weighted by Crippen LogP contribution is -2.54. The summed E-state index contributed by atoms with van der Waals surface area (Å²) in [5.41, 5.74) is 4.68. The number of amides is 3. The number of ether oxygens (including phenoxy) is 3. The molecule has 2 bridgehead atoms. The number of benzene rings is 3. The SMILES string of the molecule is COc1cc([N+](=O)[O-])ccc1N1C(=O)[C@@H]2[C@@H](C1=O)C1c3ccccc3C2(/C=N\NC(=O)CC2(C)OCCO2)c2ccccc21. The normalized spacial score (nSPS) is 26.0. The number of rotatable bonds is 7. The molecule has 2 heterocycles. The highest BCUT2D eigenvalue weighted by Gasteiger charge is 2.68. The Morgan fingerprint density at radius 1 is 1.07 bits per heavy atom. The number of nitrogens with zero attached hydrogens (tertiary/aromatic N) is 3. The van der Waals surface area contributed by atoms with Crippen molar-refractivity contribution in [3.8, 4) is 5.75 Å². The van der Waals surface area contributed by atoms with Gasteiger partial charge in [0.1, 0.15) is 5.75 Å². The van der Waals surface area contributed by atoms with Crippen LogP contribution in [0.4, 0.5) is 11.4 Å². The van der Waals surface area contributed by atoms with Crippen LogP contribution in [0.25, 0.3) is 0 Å². The van der Waals surface area contributed by atoms with Crippen molar-refractivity contribution in [3.05, 3.63) is 99.1 Å². The molecule has 224 valence electrons. The maximum Gasteiger partial charge on any atom is 0.273 e. The highest BCUT2D eigenvalue weighted by molar-refractivity contribution is 6.25. The van der Waals surface area contributed by atoms with E-state index < -0.39 is 51.6 Å². The van der Waals surface area contributed by atoms with Crippen LogP contribution in [0.2, 0.25) is 0 Å². The Balaban J connectivity index is 1.36. The van der Waals surface area contributed by atoms with E-state index in [2.05, 4.69) is 10.5 Å². The molecule has 0 aromatic heterocycles. The van der Waals surface area contributed by atoms with E-state index in [4.69, 9.17) is 14.2 Å². The Hall–Kier alpha value is -4.94. The molecule has 12 nitrogen and oxygen atoms in total. The molecule has 3 aromatic rings. The molecule has 2 aliphatic heterocycles. The Morgan fingerprint density at radius 3 is 2.32 bits per heavy atom. The standard InChI is InChI=1S/C32H28N4O8/c1-31(43-13-14-44-31)16-25(37)34-33-17-32-21-9-5-3-7-19(21)26(20-8-4-6-10-22(20)32)27-28(32)30(39)35(29(27)38)23-12-11-18(36(40)41)15-24(23)42-2/h3-12,15,17,26-28H,13-14,16H2,1-2H3,(H,34,37)/b33-17-/t26?,27-,28-,32?/m0/s1. The molecule has 1 N–H and O–H groups in total. The van der Waals surface area contributed by atoms with Gasteiger partial charge in [0.05, 0.1) is 60.7 Å². The second-order valence-electron chi connectivity index (χ2n) is 11.5. The minimum Gasteiger partial charge on any atom is -0.494 e. The van der Waals surface area contributed by atoms with Crippen LogP contribution in [-0.2, 0) is 29.3 Å². The number of imide groups is 1. The molecular formula is C32H28N4O8. The van der Waals surface area contributed by atoms with Crippen LogP contribution in [-0.4, -0.2) is 55.0 Å². The predicted octanol–water partition coefficient (Wildman–Crippen LogP) is 3.41. The summed E-state index contributed by atoms with van der Waals surface area (Å²) in [4.78, 5) is 53.8. The Bertz CT molecular complexity index is 1720. The smallest absolute Gasteiger partial charge is 0.273 e. The van der Waals surface area contributed by atoms with Gasteiger partial charge in [0.2, 0.25) is 17.7 Å². The fourth-order valence-electron chi connectivity index (χ4n) is 7.45. The van der Waals surface area contributed by atoms with Crippen LogP contribution in [0, 0.1) is 22.0 Å². The molecule has 44 heavy (non-hydrogen) atoms. The number of hydrogen-bond acceptors (Lipinski definition) is 9. The summed E-state index contributed by atoms with van der Waals surface area (Å²) in [6.45, 7) is 2.46. The summed E-state index contributed by atoms with van der Waals surface area (Å²) in [5, 5.41) is 15.8. The number of nitro benzene ring substituents is 1. The third-order valence-electron chi connectivity index (χ3n) is 9.14. The van der Waals surface area contributed by atoms with E-state index in [1.54, 1.807) is 13.1 Å². The van der Waals surface area contributed by atoms with E-state index in [1.165, 1.54) is 25.3 Å². The Labute approximate surface area is 251 Å². The van der Waals surface area contributed by atoms with E-state index in [1.807, 2.05) is 48.5 Å². The minimum absolute atomic E-state index is 0.0294. The molecule has 0 spiro atoms. The van der Waals surface area contributed by atoms with Crippen molar-refractivity contribution in [1.29, 1.82) is 0 Å². The second-order valence-corrected chi connectivity index (χ2v) is 11.5. The van der Waals surface area contributed by atoms with Crippen molar-refractivity contribution in [3.63, 3.8) is 0 Å². The molecule has 2 atom stereocenters. The maximum atomic E-state index is 14.6. The molecule has 3 aliphatic carbocycles. The first kappa shape index (κ1) is 27.9. The molecule has 3 aromatic carbocycles. The third kappa shape index (κ3) is 3.91. The number of hydrazone groups is 1. The van der Waals surface area contributed by atoms with E-state index in [0.29, 0.717) is 13.2 Å². The van der Waals surface area contributed by atoms with Gasteiger partial charge in [0.15, 0.2) is 5.79 Å². The zero-order valence-electron chi connectivity index (χ0n) is 23.9. The summed E-state index contributed by atoms with van der Waals surface area (Å²) in [7, 11) is 1.33. The zero-order chi connectivity index (χ0) is 30.8. The minimum atomic E-state index is -1.21. The third-order valence-corrected chi connectivity index (χ3v) is 9.14. The van der Waals surface area contributed by atoms with Crippen molar-refractivity contribution in [2.75, 3.05) is 25.2 Å². The van der Waals surface area contributed by atoms with E-state index >= 15 is 0 Å². The molecule has 5 aliphatic rings. The first-order valence-corrected chi connectivity index (χ1v) is 14.2. The topological polar surface area (TPSA) is 150 Å². The number of nitro groups is 1. The van der Waals surface area contributed by atoms with Crippen LogP contribution in [0.3, 0.4) is 0 Å². The van der Waals surface area contributed by atoms with Gasteiger partial charge in [0.25, 0.3) is 5.69 Å². The molecule has 12 heteroatoms. The molecule has 3 amide bonds. The second kappa shape index (κ2) is 10.1. The predicted molar refractivity (Wildman–Crippen MR) is 156 cm³/mol. The zero-order valence-corrected chi connectivity index (χ0v) is 23.9. The number of methoxy groups -OCH3 is 1. The summed E-state index contributed by atoms with van der Waals surface area (Å²) in [6.07, 6.45) is 1.49. The summed E-state index contributed by atoms with van der Waals surface area (Å²) in [5.74, 6) is -4.51. The van der Waals surface area contributed by atoms with Gasteiger partial charge in [-0.05, 0) is 35.2 Å². The van der Waals surface area contributed by atoms with Crippen molar-refractivity contribution in [2.45, 2.75) is 30.5 Å². The molecular weight excluding hydrogens is 568 g/mol. The van der Waals surface area contributed by atoms with Crippen molar-refractivity contribution in [1.82, 2.24) is 5.43 Å². The lowest BCUT2D eigenvalue weighted by atomic mass is 9.47. The summed E-state index contributed by atoms with van der Waals surface area (Å²) >= 11 is 0. The van der Waals surface area contributed by atoms with Crippen LogP contribution in [0.5, 0.6) is 5.75 Å². The molecule has 2 fully saturated rings. The number of carbonyl (C=O) groups is 3. The van der Waals surface area contributed by atoms with Gasteiger partial charge in [-0.1, -0.05) is 48.5 Å². The number of hydrogen-bond donors (Lipinski definition) is 1. The van der Waals surface area contributed by atoms with Crippen LogP contribution < -0.4 is 15.1 Å². The number of anilines is 1. The monoisotopic (exact) mass is 596 g/mol. The van der Waals surface area contributed by atoms with E-state index in [0.717, 1.165) is 27.2 Å². The maximum absolute atomic E-state index is 14.6. The first-order valence-electron chi connectivity index (χ1n) is 14.2. The number of nitrogens with one attached hydrogen (secondary N) is 1. The fraction of sp³-hybridized carbons (Fsp3) is 0.312. The fourth-order valence-corrected chi connectivity index (χ4v) is 7.45.